The Morgan fingerprint density at radius 3 is 2.28 bits per heavy atom. The lowest BCUT2D eigenvalue weighted by Gasteiger charge is -2.34. The van der Waals surface area contributed by atoms with Crippen LogP contribution in [0, 0.1) is 38.5 Å². The Morgan fingerprint density at radius 1 is 0.940 bits per heavy atom. The van der Waals surface area contributed by atoms with Crippen LogP contribution in [0.4, 0.5) is 5.69 Å². The van der Waals surface area contributed by atoms with Crippen LogP contribution in [0.5, 0.6) is 0 Å². The van der Waals surface area contributed by atoms with Crippen molar-refractivity contribution in [3.63, 3.8) is 0 Å². The summed E-state index contributed by atoms with van der Waals surface area (Å²) in [6.45, 7) is 13.2. The quantitative estimate of drug-likeness (QED) is 0.291. The van der Waals surface area contributed by atoms with Gasteiger partial charge in [0.1, 0.15) is 0 Å². The number of piperidine rings is 1. The first-order valence-corrected chi connectivity index (χ1v) is 17.9. The van der Waals surface area contributed by atoms with E-state index in [-0.39, 0.29) is 23.6 Å². The second-order valence-corrected chi connectivity index (χ2v) is 14.5. The molecule has 3 aliphatic rings. The summed E-state index contributed by atoms with van der Waals surface area (Å²) in [4.78, 5) is 59.8. The molecule has 0 unspecified atom stereocenters. The van der Waals surface area contributed by atoms with Crippen molar-refractivity contribution in [2.75, 3.05) is 64.4 Å². The van der Waals surface area contributed by atoms with Crippen molar-refractivity contribution in [2.45, 2.75) is 47.0 Å². The molecule has 6 rings (SSSR count). The van der Waals surface area contributed by atoms with E-state index >= 15 is 0 Å². The van der Waals surface area contributed by atoms with Crippen molar-refractivity contribution >= 4 is 41.0 Å². The van der Waals surface area contributed by atoms with Gasteiger partial charge in [-0.1, -0.05) is 23.7 Å². The number of rotatable bonds is 9. The average molecular weight is 703 g/mol. The summed E-state index contributed by atoms with van der Waals surface area (Å²) in [5.74, 6) is 0.402. The SMILES string of the molecule is COC(=O)c1cccc(-n2nc(C)c(C(=O)N3C[C@H]4CN(CCCN(C(=O)C5CCN(C(C)=O)CC5)c5ccc(C)c(Cl)c5)C[C@H]4C3)c2C)c1. The van der Waals surface area contributed by atoms with Gasteiger partial charge >= 0.3 is 5.97 Å². The maximum absolute atomic E-state index is 13.9. The molecule has 2 atom stereocenters. The number of fused-ring (bicyclic) bond motifs is 1. The van der Waals surface area contributed by atoms with E-state index in [1.807, 2.05) is 59.7 Å². The molecule has 0 radical (unpaired) electrons. The van der Waals surface area contributed by atoms with Gasteiger partial charge in [0.25, 0.3) is 5.91 Å². The van der Waals surface area contributed by atoms with Crippen molar-refractivity contribution < 1.29 is 23.9 Å². The van der Waals surface area contributed by atoms with Gasteiger partial charge in [0, 0.05) is 69.4 Å². The smallest absolute Gasteiger partial charge is 0.337 e. The molecule has 0 spiro atoms. The normalized spacial score (nSPS) is 19.5. The van der Waals surface area contributed by atoms with E-state index in [9.17, 15) is 19.2 Å². The minimum atomic E-state index is -0.424. The zero-order valence-electron chi connectivity index (χ0n) is 29.7. The molecule has 266 valence electrons. The molecular formula is C38H47ClN6O5. The van der Waals surface area contributed by atoms with Crippen molar-refractivity contribution in [2.24, 2.45) is 17.8 Å². The molecule has 11 nitrogen and oxygen atoms in total. The molecule has 0 saturated carbocycles. The molecule has 0 N–H and O–H groups in total. The summed E-state index contributed by atoms with van der Waals surface area (Å²) < 4.78 is 6.60. The number of nitrogens with zero attached hydrogens (tertiary/aromatic N) is 6. The third kappa shape index (κ3) is 7.30. The lowest BCUT2D eigenvalue weighted by molar-refractivity contribution is -0.133. The number of anilines is 1. The van der Waals surface area contributed by atoms with Gasteiger partial charge in [-0.3, -0.25) is 14.4 Å². The average Bonchev–Trinajstić information content (AvgIpc) is 3.78. The second-order valence-electron chi connectivity index (χ2n) is 14.0. The third-order valence-corrected chi connectivity index (χ3v) is 11.2. The Hall–Kier alpha value is -4.22. The van der Waals surface area contributed by atoms with E-state index < -0.39 is 5.97 Å². The Bertz CT molecular complexity index is 1770. The standard InChI is InChI=1S/C38H47ClN6O5/c1-24-10-11-32(19-34(24)39)44(36(47)28-12-16-42(17-13-28)27(4)46)15-7-14-41-20-30-22-43(23-31(30)21-41)37(48)35-25(2)40-45(26(35)3)33-9-6-8-29(18-33)38(49)50-5/h6,8-11,18-19,28,30-31H,7,12-17,20-23H2,1-5H3/t30-,31+. The van der Waals surface area contributed by atoms with Gasteiger partial charge in [0.2, 0.25) is 11.8 Å². The molecule has 0 bridgehead atoms. The number of carbonyl (C=O) groups excluding carboxylic acids is 4. The molecular weight excluding hydrogens is 656 g/mol. The number of carbonyl (C=O) groups is 4. The lowest BCUT2D eigenvalue weighted by Crippen LogP contribution is -2.44. The second kappa shape index (κ2) is 14.9. The highest BCUT2D eigenvalue weighted by atomic mass is 35.5. The highest BCUT2D eigenvalue weighted by Crippen LogP contribution is 2.34. The van der Waals surface area contributed by atoms with Gasteiger partial charge in [-0.2, -0.15) is 5.10 Å². The minimum absolute atomic E-state index is 0.00336. The molecule has 12 heteroatoms. The van der Waals surface area contributed by atoms with E-state index in [1.165, 1.54) is 7.11 Å². The Morgan fingerprint density at radius 2 is 1.64 bits per heavy atom. The monoisotopic (exact) mass is 702 g/mol. The van der Waals surface area contributed by atoms with Gasteiger partial charge in [0.15, 0.2) is 0 Å². The number of methoxy groups -OCH3 is 1. The van der Waals surface area contributed by atoms with Gasteiger partial charge in [0.05, 0.1) is 35.3 Å². The molecule has 2 aromatic carbocycles. The summed E-state index contributed by atoms with van der Waals surface area (Å²) in [7, 11) is 1.35. The summed E-state index contributed by atoms with van der Waals surface area (Å²) in [6, 6.07) is 12.9. The van der Waals surface area contributed by atoms with Crippen LogP contribution in [0.25, 0.3) is 5.69 Å². The van der Waals surface area contributed by atoms with Crippen LogP contribution in [-0.4, -0.2) is 108 Å². The van der Waals surface area contributed by atoms with Crippen molar-refractivity contribution in [1.82, 2.24) is 24.5 Å². The first-order chi connectivity index (χ1) is 23.9. The highest BCUT2D eigenvalue weighted by Gasteiger charge is 2.42. The van der Waals surface area contributed by atoms with Crippen LogP contribution in [0.1, 0.15) is 63.9 Å². The van der Waals surface area contributed by atoms with Crippen molar-refractivity contribution in [3.05, 3.63) is 75.6 Å². The molecule has 4 heterocycles. The summed E-state index contributed by atoms with van der Waals surface area (Å²) in [6.07, 6.45) is 2.16. The number of amides is 3. The maximum Gasteiger partial charge on any atom is 0.337 e. The topological polar surface area (TPSA) is 108 Å². The van der Waals surface area contributed by atoms with Crippen LogP contribution < -0.4 is 4.90 Å². The van der Waals surface area contributed by atoms with E-state index in [2.05, 4.69) is 10.00 Å². The Labute approximate surface area is 299 Å². The predicted molar refractivity (Wildman–Crippen MR) is 192 cm³/mol. The number of hydrogen-bond donors (Lipinski definition) is 0. The zero-order chi connectivity index (χ0) is 35.7. The molecule has 50 heavy (non-hydrogen) atoms. The van der Waals surface area contributed by atoms with Gasteiger partial charge in [-0.05, 0) is 94.3 Å². The number of aromatic nitrogens is 2. The first-order valence-electron chi connectivity index (χ1n) is 17.5. The van der Waals surface area contributed by atoms with Crippen LogP contribution >= 0.6 is 11.6 Å². The van der Waals surface area contributed by atoms with Gasteiger partial charge in [-0.25, -0.2) is 9.48 Å². The number of ether oxygens (including phenoxy) is 1. The fourth-order valence-corrected chi connectivity index (χ4v) is 8.09. The number of esters is 1. The summed E-state index contributed by atoms with van der Waals surface area (Å²) >= 11 is 6.50. The Balaban J connectivity index is 1.05. The number of aryl methyl sites for hydroxylation is 2. The molecule has 3 saturated heterocycles. The van der Waals surface area contributed by atoms with Crippen LogP contribution in [-0.2, 0) is 14.3 Å². The van der Waals surface area contributed by atoms with E-state index in [1.54, 1.807) is 29.8 Å². The molecule has 3 amide bonds. The molecule has 3 aliphatic heterocycles. The third-order valence-electron chi connectivity index (χ3n) is 10.7. The lowest BCUT2D eigenvalue weighted by atomic mass is 9.94. The van der Waals surface area contributed by atoms with Gasteiger partial charge < -0.3 is 24.3 Å². The molecule has 3 aromatic rings. The summed E-state index contributed by atoms with van der Waals surface area (Å²) in [5, 5.41) is 5.31. The van der Waals surface area contributed by atoms with Crippen molar-refractivity contribution in [3.8, 4) is 5.69 Å². The number of likely N-dealkylation sites (tertiary alicyclic amines) is 3. The molecule has 0 aliphatic carbocycles. The largest absolute Gasteiger partial charge is 0.465 e. The van der Waals surface area contributed by atoms with Crippen LogP contribution in [0.2, 0.25) is 5.02 Å². The number of halogens is 1. The number of benzene rings is 2. The summed E-state index contributed by atoms with van der Waals surface area (Å²) in [5.41, 5.74) is 4.92. The molecule has 3 fully saturated rings. The molecule has 1 aromatic heterocycles. The first kappa shape index (κ1) is 35.6. The van der Waals surface area contributed by atoms with Crippen LogP contribution in [0.15, 0.2) is 42.5 Å². The van der Waals surface area contributed by atoms with E-state index in [0.29, 0.717) is 84.9 Å². The van der Waals surface area contributed by atoms with E-state index in [4.69, 9.17) is 16.3 Å². The highest BCUT2D eigenvalue weighted by molar-refractivity contribution is 6.31. The fraction of sp³-hybridized carbons (Fsp3) is 0.500. The minimum Gasteiger partial charge on any atom is -0.465 e. The van der Waals surface area contributed by atoms with Crippen molar-refractivity contribution in [1.29, 1.82) is 0 Å². The Kier molecular flexibility index (Phi) is 10.6. The van der Waals surface area contributed by atoms with Gasteiger partial charge in [-0.15, -0.1) is 0 Å². The maximum atomic E-state index is 13.9. The van der Waals surface area contributed by atoms with E-state index in [0.717, 1.165) is 43.0 Å². The number of hydrogen-bond acceptors (Lipinski definition) is 7. The van der Waals surface area contributed by atoms with Crippen LogP contribution in [0.3, 0.4) is 0 Å². The predicted octanol–water partition coefficient (Wildman–Crippen LogP) is 4.92. The fourth-order valence-electron chi connectivity index (χ4n) is 7.91. The zero-order valence-corrected chi connectivity index (χ0v) is 30.4.